The van der Waals surface area contributed by atoms with Gasteiger partial charge < -0.3 is 19.5 Å². The van der Waals surface area contributed by atoms with Crippen molar-refractivity contribution in [1.82, 2.24) is 20.3 Å². The van der Waals surface area contributed by atoms with Crippen LogP contribution in [0.25, 0.3) is 10.9 Å². The first-order chi connectivity index (χ1) is 14.1. The summed E-state index contributed by atoms with van der Waals surface area (Å²) in [7, 11) is 0. The van der Waals surface area contributed by atoms with E-state index >= 15 is 0 Å². The molecule has 0 atom stereocenters. The Bertz CT molecular complexity index is 1220. The minimum absolute atomic E-state index is 0.0307. The van der Waals surface area contributed by atoms with Crippen molar-refractivity contribution in [1.29, 1.82) is 0 Å². The molecule has 2 N–H and O–H groups in total. The van der Waals surface area contributed by atoms with Crippen molar-refractivity contribution < 1.29 is 13.9 Å². The van der Waals surface area contributed by atoms with Gasteiger partial charge in [0.25, 0.3) is 11.5 Å². The maximum absolute atomic E-state index is 12.4. The molecule has 0 spiro atoms. The van der Waals surface area contributed by atoms with Gasteiger partial charge in [-0.15, -0.1) is 0 Å². The lowest BCUT2D eigenvalue weighted by molar-refractivity contribution is 0.0940. The van der Waals surface area contributed by atoms with Crippen molar-refractivity contribution in [2.75, 3.05) is 0 Å². The van der Waals surface area contributed by atoms with Gasteiger partial charge in [0.2, 0.25) is 5.88 Å². The third-order valence-corrected chi connectivity index (χ3v) is 4.30. The SMILES string of the molecule is Cc1ccc2nc(C(=O)NCc3ccnc(OCc4ccoc4)c3)[nH]c(=O)c2c1. The number of furan rings is 1. The minimum Gasteiger partial charge on any atom is -0.473 e. The number of aromatic amines is 1. The summed E-state index contributed by atoms with van der Waals surface area (Å²) in [4.78, 5) is 35.6. The average Bonchev–Trinajstić information content (AvgIpc) is 3.25. The number of aromatic nitrogens is 3. The number of hydrogen-bond donors (Lipinski definition) is 2. The molecule has 1 amide bonds. The Hall–Kier alpha value is -3.94. The molecule has 0 radical (unpaired) electrons. The van der Waals surface area contributed by atoms with E-state index in [9.17, 15) is 9.59 Å². The Morgan fingerprint density at radius 1 is 1.21 bits per heavy atom. The number of nitrogens with zero attached hydrogens (tertiary/aromatic N) is 2. The predicted octanol–water partition coefficient (Wildman–Crippen LogP) is 2.73. The Morgan fingerprint density at radius 2 is 2.10 bits per heavy atom. The van der Waals surface area contributed by atoms with E-state index in [1.807, 2.05) is 19.1 Å². The zero-order chi connectivity index (χ0) is 20.2. The normalized spacial score (nSPS) is 10.8. The molecule has 8 heteroatoms. The Morgan fingerprint density at radius 3 is 2.93 bits per heavy atom. The first-order valence-corrected chi connectivity index (χ1v) is 8.96. The summed E-state index contributed by atoms with van der Waals surface area (Å²) in [5.41, 5.74) is 2.78. The van der Waals surface area contributed by atoms with E-state index in [-0.39, 0.29) is 17.9 Å². The number of ether oxygens (including phenoxy) is 1. The number of fused-ring (bicyclic) bond motifs is 1. The van der Waals surface area contributed by atoms with E-state index in [0.717, 1.165) is 16.7 Å². The zero-order valence-electron chi connectivity index (χ0n) is 15.6. The van der Waals surface area contributed by atoms with Crippen molar-refractivity contribution in [3.05, 3.63) is 88.0 Å². The summed E-state index contributed by atoms with van der Waals surface area (Å²) in [6.07, 6.45) is 4.78. The van der Waals surface area contributed by atoms with Gasteiger partial charge >= 0.3 is 0 Å². The Labute approximate surface area is 165 Å². The lowest BCUT2D eigenvalue weighted by Gasteiger charge is -2.08. The van der Waals surface area contributed by atoms with Crippen molar-refractivity contribution >= 4 is 16.8 Å². The van der Waals surface area contributed by atoms with E-state index in [1.165, 1.54) is 0 Å². The van der Waals surface area contributed by atoms with E-state index in [0.29, 0.717) is 23.4 Å². The molecule has 0 unspecified atom stereocenters. The highest BCUT2D eigenvalue weighted by molar-refractivity contribution is 5.92. The van der Waals surface area contributed by atoms with Crippen LogP contribution in [-0.4, -0.2) is 20.9 Å². The fourth-order valence-corrected chi connectivity index (χ4v) is 2.80. The summed E-state index contributed by atoms with van der Waals surface area (Å²) >= 11 is 0. The van der Waals surface area contributed by atoms with Crippen molar-refractivity contribution in [2.24, 2.45) is 0 Å². The molecule has 0 aliphatic heterocycles. The fourth-order valence-electron chi connectivity index (χ4n) is 2.80. The molecule has 0 fully saturated rings. The van der Waals surface area contributed by atoms with Crippen molar-refractivity contribution in [3.63, 3.8) is 0 Å². The van der Waals surface area contributed by atoms with Crippen LogP contribution in [0.2, 0.25) is 0 Å². The lowest BCUT2D eigenvalue weighted by atomic mass is 10.2. The largest absolute Gasteiger partial charge is 0.473 e. The smallest absolute Gasteiger partial charge is 0.287 e. The number of pyridine rings is 1. The highest BCUT2D eigenvalue weighted by atomic mass is 16.5. The van der Waals surface area contributed by atoms with Gasteiger partial charge in [-0.3, -0.25) is 9.59 Å². The van der Waals surface area contributed by atoms with Gasteiger partial charge in [-0.1, -0.05) is 11.6 Å². The zero-order valence-corrected chi connectivity index (χ0v) is 15.6. The molecule has 146 valence electrons. The predicted molar refractivity (Wildman–Crippen MR) is 106 cm³/mol. The maximum Gasteiger partial charge on any atom is 0.287 e. The molecule has 4 aromatic rings. The van der Waals surface area contributed by atoms with Gasteiger partial charge in [0.15, 0.2) is 5.82 Å². The van der Waals surface area contributed by atoms with Crippen LogP contribution in [0.3, 0.4) is 0 Å². The molecule has 4 rings (SSSR count). The molecule has 29 heavy (non-hydrogen) atoms. The number of nitrogens with one attached hydrogen (secondary N) is 2. The van der Waals surface area contributed by atoms with Crippen LogP contribution >= 0.6 is 0 Å². The van der Waals surface area contributed by atoms with Crippen LogP contribution in [0.4, 0.5) is 0 Å². The van der Waals surface area contributed by atoms with Gasteiger partial charge in [0.1, 0.15) is 6.61 Å². The van der Waals surface area contributed by atoms with E-state index in [4.69, 9.17) is 9.15 Å². The summed E-state index contributed by atoms with van der Waals surface area (Å²) in [5, 5.41) is 3.20. The first kappa shape index (κ1) is 18.4. The molecule has 0 aliphatic carbocycles. The second kappa shape index (κ2) is 7.97. The van der Waals surface area contributed by atoms with Gasteiger partial charge in [-0.2, -0.15) is 0 Å². The van der Waals surface area contributed by atoms with Crippen molar-refractivity contribution in [3.8, 4) is 5.88 Å². The number of benzene rings is 1. The van der Waals surface area contributed by atoms with Crippen LogP contribution in [-0.2, 0) is 13.2 Å². The third-order valence-electron chi connectivity index (χ3n) is 4.30. The van der Waals surface area contributed by atoms with Crippen LogP contribution in [0.15, 0.2) is 64.3 Å². The quantitative estimate of drug-likeness (QED) is 0.524. The van der Waals surface area contributed by atoms with Crippen LogP contribution in [0.5, 0.6) is 5.88 Å². The molecular formula is C21H18N4O4. The second-order valence-corrected chi connectivity index (χ2v) is 6.54. The molecule has 3 aromatic heterocycles. The number of H-pyrrole nitrogens is 1. The molecule has 3 heterocycles. The summed E-state index contributed by atoms with van der Waals surface area (Å²) in [6.45, 7) is 2.46. The molecule has 0 bridgehead atoms. The molecule has 0 saturated heterocycles. The second-order valence-electron chi connectivity index (χ2n) is 6.54. The summed E-state index contributed by atoms with van der Waals surface area (Å²) in [6, 6.07) is 10.6. The van der Waals surface area contributed by atoms with E-state index in [1.54, 1.807) is 43.0 Å². The fraction of sp³-hybridized carbons (Fsp3) is 0.143. The number of aryl methyl sites for hydroxylation is 1. The highest BCUT2D eigenvalue weighted by Gasteiger charge is 2.12. The summed E-state index contributed by atoms with van der Waals surface area (Å²) < 4.78 is 10.6. The highest BCUT2D eigenvalue weighted by Crippen LogP contribution is 2.13. The van der Waals surface area contributed by atoms with E-state index in [2.05, 4.69) is 20.3 Å². The maximum atomic E-state index is 12.4. The van der Waals surface area contributed by atoms with Gasteiger partial charge in [0, 0.05) is 24.4 Å². The number of carbonyl (C=O) groups excluding carboxylic acids is 1. The Balaban J connectivity index is 1.43. The average molecular weight is 390 g/mol. The number of amides is 1. The molecular weight excluding hydrogens is 372 g/mol. The minimum atomic E-state index is -0.470. The number of rotatable bonds is 6. The third kappa shape index (κ3) is 4.32. The lowest BCUT2D eigenvalue weighted by Crippen LogP contribution is -2.27. The molecule has 1 aromatic carbocycles. The molecule has 0 aliphatic rings. The van der Waals surface area contributed by atoms with Crippen molar-refractivity contribution in [2.45, 2.75) is 20.1 Å². The topological polar surface area (TPSA) is 110 Å². The van der Waals surface area contributed by atoms with Crippen LogP contribution in [0, 0.1) is 6.92 Å². The van der Waals surface area contributed by atoms with Crippen LogP contribution < -0.4 is 15.6 Å². The summed E-state index contributed by atoms with van der Waals surface area (Å²) in [5.74, 6) is -0.0651. The van der Waals surface area contributed by atoms with Crippen LogP contribution in [0.1, 0.15) is 27.3 Å². The molecule has 8 nitrogen and oxygen atoms in total. The van der Waals surface area contributed by atoms with Gasteiger partial charge in [-0.05, 0) is 36.8 Å². The number of hydrogen-bond acceptors (Lipinski definition) is 6. The van der Waals surface area contributed by atoms with Gasteiger partial charge in [0.05, 0.1) is 23.4 Å². The van der Waals surface area contributed by atoms with E-state index < -0.39 is 5.91 Å². The standard InChI is InChI=1S/C21H18N4O4/c1-13-2-3-17-16(8-13)20(26)25-19(24-17)21(27)23-10-14-4-6-22-18(9-14)29-12-15-5-7-28-11-15/h2-9,11H,10,12H2,1H3,(H,23,27)(H,24,25,26). The number of carbonyl (C=O) groups is 1. The first-order valence-electron chi connectivity index (χ1n) is 8.96. The Kier molecular flexibility index (Phi) is 5.07. The van der Waals surface area contributed by atoms with Gasteiger partial charge in [-0.25, -0.2) is 9.97 Å². The monoisotopic (exact) mass is 390 g/mol. The molecule has 0 saturated carbocycles.